The van der Waals surface area contributed by atoms with Gasteiger partial charge in [0.25, 0.3) is 5.69 Å². The van der Waals surface area contributed by atoms with E-state index in [-0.39, 0.29) is 16.8 Å². The van der Waals surface area contributed by atoms with E-state index in [0.29, 0.717) is 18.8 Å². The van der Waals surface area contributed by atoms with Crippen LogP contribution >= 0.6 is 11.8 Å². The number of unbranched alkanes of at least 4 members (excludes halogenated alkanes) is 1. The lowest BCUT2D eigenvalue weighted by Crippen LogP contribution is -2.34. The van der Waals surface area contributed by atoms with E-state index in [1.807, 2.05) is 6.92 Å². The lowest BCUT2D eigenvalue weighted by Gasteiger charge is -2.12. The first kappa shape index (κ1) is 18.3. The van der Waals surface area contributed by atoms with Crippen LogP contribution in [-0.2, 0) is 4.79 Å². The van der Waals surface area contributed by atoms with Gasteiger partial charge in [-0.3, -0.25) is 14.9 Å². The number of thioether (sulfide) groups is 1. The van der Waals surface area contributed by atoms with E-state index in [0.717, 1.165) is 18.6 Å². The zero-order valence-electron chi connectivity index (χ0n) is 13.0. The van der Waals surface area contributed by atoms with Gasteiger partial charge in [-0.2, -0.15) is 0 Å². The smallest absolute Gasteiger partial charge is 0.292 e. The molecule has 1 amide bonds. The summed E-state index contributed by atoms with van der Waals surface area (Å²) in [5.74, 6) is 0.991. The van der Waals surface area contributed by atoms with Crippen molar-refractivity contribution in [2.75, 3.05) is 24.2 Å². The SMILES string of the molecule is CCCCS[C@@H](C)C(=O)NCCNc1ccccc1[N+](=O)[O-]. The molecule has 0 spiro atoms. The number of nitrogens with one attached hydrogen (secondary N) is 2. The van der Waals surface area contributed by atoms with Crippen molar-refractivity contribution in [3.63, 3.8) is 0 Å². The van der Waals surface area contributed by atoms with Crippen LogP contribution in [0.5, 0.6) is 0 Å². The number of para-hydroxylation sites is 2. The molecule has 2 N–H and O–H groups in total. The number of nitrogens with zero attached hydrogens (tertiary/aromatic N) is 1. The van der Waals surface area contributed by atoms with Crippen LogP contribution in [0, 0.1) is 10.1 Å². The van der Waals surface area contributed by atoms with Gasteiger partial charge in [0.05, 0.1) is 10.2 Å². The molecule has 122 valence electrons. The molecule has 0 radical (unpaired) electrons. The van der Waals surface area contributed by atoms with Crippen LogP contribution in [0.15, 0.2) is 24.3 Å². The maximum atomic E-state index is 11.9. The summed E-state index contributed by atoms with van der Waals surface area (Å²) in [5.41, 5.74) is 0.504. The molecule has 1 aromatic carbocycles. The van der Waals surface area contributed by atoms with E-state index in [2.05, 4.69) is 17.6 Å². The van der Waals surface area contributed by atoms with Gasteiger partial charge >= 0.3 is 0 Å². The average Bonchev–Trinajstić information content (AvgIpc) is 2.51. The molecule has 0 unspecified atom stereocenters. The predicted octanol–water partition coefficient (Wildman–Crippen LogP) is 3.04. The highest BCUT2D eigenvalue weighted by molar-refractivity contribution is 8.00. The zero-order chi connectivity index (χ0) is 16.4. The fourth-order valence-electron chi connectivity index (χ4n) is 1.79. The lowest BCUT2D eigenvalue weighted by atomic mass is 10.2. The molecule has 1 aromatic rings. The third kappa shape index (κ3) is 6.34. The van der Waals surface area contributed by atoms with Crippen molar-refractivity contribution >= 4 is 29.0 Å². The molecule has 7 heteroatoms. The van der Waals surface area contributed by atoms with Crippen LogP contribution < -0.4 is 10.6 Å². The second-order valence-corrected chi connectivity index (χ2v) is 6.31. The standard InChI is InChI=1S/C15H23N3O3S/c1-3-4-11-22-12(2)15(19)17-10-9-16-13-7-5-6-8-14(13)18(20)21/h5-8,12,16H,3-4,9-11H2,1-2H3,(H,17,19)/t12-/m0/s1. The molecule has 6 nitrogen and oxygen atoms in total. The van der Waals surface area contributed by atoms with Crippen molar-refractivity contribution in [2.45, 2.75) is 31.9 Å². The Kier molecular flexibility index (Phi) is 8.35. The first-order valence-electron chi connectivity index (χ1n) is 7.42. The number of nitro groups is 1. The van der Waals surface area contributed by atoms with Gasteiger partial charge in [0, 0.05) is 19.2 Å². The predicted molar refractivity (Wildman–Crippen MR) is 91.4 cm³/mol. The van der Waals surface area contributed by atoms with Crippen LogP contribution in [0.4, 0.5) is 11.4 Å². The molecular formula is C15H23N3O3S. The maximum absolute atomic E-state index is 11.9. The first-order chi connectivity index (χ1) is 10.6. The highest BCUT2D eigenvalue weighted by atomic mass is 32.2. The van der Waals surface area contributed by atoms with Crippen LogP contribution in [0.25, 0.3) is 0 Å². The van der Waals surface area contributed by atoms with Gasteiger partial charge in [-0.15, -0.1) is 11.8 Å². The summed E-state index contributed by atoms with van der Waals surface area (Å²) in [5, 5.41) is 16.6. The Balaban J connectivity index is 2.30. The van der Waals surface area contributed by atoms with E-state index in [1.54, 1.807) is 30.0 Å². The van der Waals surface area contributed by atoms with E-state index in [1.165, 1.54) is 6.07 Å². The number of rotatable bonds is 10. The molecule has 0 aliphatic heterocycles. The molecule has 1 rings (SSSR count). The Morgan fingerprint density at radius 2 is 2.09 bits per heavy atom. The van der Waals surface area contributed by atoms with E-state index < -0.39 is 4.92 Å². The van der Waals surface area contributed by atoms with Crippen LogP contribution in [-0.4, -0.2) is 34.9 Å². The number of nitro benzene ring substituents is 1. The first-order valence-corrected chi connectivity index (χ1v) is 8.47. The summed E-state index contributed by atoms with van der Waals surface area (Å²) in [7, 11) is 0. The highest BCUT2D eigenvalue weighted by Gasteiger charge is 2.13. The summed E-state index contributed by atoms with van der Waals surface area (Å²) < 4.78 is 0. The minimum Gasteiger partial charge on any atom is -0.378 e. The fraction of sp³-hybridized carbons (Fsp3) is 0.533. The van der Waals surface area contributed by atoms with Crippen LogP contribution in [0.1, 0.15) is 26.7 Å². The molecular weight excluding hydrogens is 302 g/mol. The summed E-state index contributed by atoms with van der Waals surface area (Å²) in [4.78, 5) is 22.3. The normalized spacial score (nSPS) is 11.7. The molecule has 0 aliphatic rings. The van der Waals surface area contributed by atoms with Gasteiger partial charge in [-0.25, -0.2) is 0 Å². The maximum Gasteiger partial charge on any atom is 0.292 e. The van der Waals surface area contributed by atoms with Crippen molar-refractivity contribution in [3.05, 3.63) is 34.4 Å². The monoisotopic (exact) mass is 325 g/mol. The van der Waals surface area contributed by atoms with Crippen LogP contribution in [0.3, 0.4) is 0 Å². The molecule has 0 heterocycles. The number of carbonyl (C=O) groups excluding carboxylic acids is 1. The molecule has 0 saturated heterocycles. The highest BCUT2D eigenvalue weighted by Crippen LogP contribution is 2.22. The van der Waals surface area contributed by atoms with Crippen molar-refractivity contribution in [1.29, 1.82) is 0 Å². The van der Waals surface area contributed by atoms with Gasteiger partial charge < -0.3 is 10.6 Å². The molecule has 1 atom stereocenters. The second-order valence-electron chi connectivity index (χ2n) is 4.86. The third-order valence-corrected chi connectivity index (χ3v) is 4.31. The van der Waals surface area contributed by atoms with Crippen LogP contribution in [0.2, 0.25) is 0 Å². The summed E-state index contributed by atoms with van der Waals surface area (Å²) in [6.07, 6.45) is 2.24. The molecule has 0 fully saturated rings. The molecule has 0 bridgehead atoms. The molecule has 0 aliphatic carbocycles. The Labute approximate surface area is 135 Å². The van der Waals surface area contributed by atoms with Gasteiger partial charge in [-0.1, -0.05) is 25.5 Å². The third-order valence-electron chi connectivity index (χ3n) is 3.08. The molecule has 0 aromatic heterocycles. The Morgan fingerprint density at radius 1 is 1.36 bits per heavy atom. The summed E-state index contributed by atoms with van der Waals surface area (Å²) in [6, 6.07) is 6.47. The van der Waals surface area contributed by atoms with E-state index >= 15 is 0 Å². The number of anilines is 1. The van der Waals surface area contributed by atoms with Crippen molar-refractivity contribution < 1.29 is 9.72 Å². The van der Waals surface area contributed by atoms with Gasteiger partial charge in [0.15, 0.2) is 0 Å². The van der Waals surface area contributed by atoms with Gasteiger partial charge in [-0.05, 0) is 25.2 Å². The molecule has 0 saturated carbocycles. The Morgan fingerprint density at radius 3 is 2.77 bits per heavy atom. The number of hydrogen-bond donors (Lipinski definition) is 2. The van der Waals surface area contributed by atoms with Crippen molar-refractivity contribution in [1.82, 2.24) is 5.32 Å². The summed E-state index contributed by atoms with van der Waals surface area (Å²) in [6.45, 7) is 4.90. The Bertz CT molecular complexity index is 497. The quantitative estimate of drug-likeness (QED) is 0.392. The van der Waals surface area contributed by atoms with Crippen molar-refractivity contribution in [3.8, 4) is 0 Å². The minimum atomic E-state index is -0.423. The Hall–Kier alpha value is -1.76. The number of benzene rings is 1. The largest absolute Gasteiger partial charge is 0.378 e. The fourth-order valence-corrected chi connectivity index (χ4v) is 2.83. The number of hydrogen-bond acceptors (Lipinski definition) is 5. The zero-order valence-corrected chi connectivity index (χ0v) is 13.8. The number of carbonyl (C=O) groups is 1. The second kappa shape index (κ2) is 10.0. The van der Waals surface area contributed by atoms with Crippen molar-refractivity contribution in [2.24, 2.45) is 0 Å². The lowest BCUT2D eigenvalue weighted by molar-refractivity contribution is -0.384. The topological polar surface area (TPSA) is 84.3 Å². The van der Waals surface area contributed by atoms with E-state index in [4.69, 9.17) is 0 Å². The molecule has 22 heavy (non-hydrogen) atoms. The minimum absolute atomic E-state index is 0.00506. The van der Waals surface area contributed by atoms with E-state index in [9.17, 15) is 14.9 Å². The van der Waals surface area contributed by atoms with Gasteiger partial charge in [0.2, 0.25) is 5.91 Å². The van der Waals surface area contributed by atoms with Gasteiger partial charge in [0.1, 0.15) is 5.69 Å². The number of amides is 1. The summed E-state index contributed by atoms with van der Waals surface area (Å²) >= 11 is 1.65. The average molecular weight is 325 g/mol.